The van der Waals surface area contributed by atoms with Crippen molar-refractivity contribution in [1.29, 1.82) is 0 Å². The van der Waals surface area contributed by atoms with Crippen molar-refractivity contribution < 1.29 is 14.9 Å². The molecule has 1 aromatic heterocycles. The van der Waals surface area contributed by atoms with Gasteiger partial charge in [-0.25, -0.2) is 0 Å². The van der Waals surface area contributed by atoms with Gasteiger partial charge in [0.2, 0.25) is 5.75 Å². The molecule has 0 unspecified atom stereocenters. The second-order valence-electron chi connectivity index (χ2n) is 4.44. The van der Waals surface area contributed by atoms with Crippen LogP contribution >= 0.6 is 0 Å². The van der Waals surface area contributed by atoms with Crippen LogP contribution in [0.4, 0.5) is 5.82 Å². The van der Waals surface area contributed by atoms with Crippen LogP contribution in [0.25, 0.3) is 0 Å². The van der Waals surface area contributed by atoms with E-state index in [1.165, 1.54) is 31.5 Å². The Morgan fingerprint density at radius 1 is 1.29 bits per heavy atom. The summed E-state index contributed by atoms with van der Waals surface area (Å²) in [7, 11) is 1.36. The molecule has 0 bridgehead atoms. The van der Waals surface area contributed by atoms with E-state index in [2.05, 4.69) is 5.10 Å². The molecule has 0 saturated carbocycles. The van der Waals surface area contributed by atoms with E-state index in [1.807, 2.05) is 0 Å². The first kappa shape index (κ1) is 14.4. The third-order valence-electron chi connectivity index (χ3n) is 2.80. The van der Waals surface area contributed by atoms with Crippen molar-refractivity contribution in [2.75, 3.05) is 12.8 Å². The first-order valence-corrected chi connectivity index (χ1v) is 6.06. The molecular formula is C14H15N3O4. The summed E-state index contributed by atoms with van der Waals surface area (Å²) in [5.74, 6) is -0.409. The van der Waals surface area contributed by atoms with Crippen molar-refractivity contribution in [3.8, 4) is 17.2 Å². The molecule has 0 aliphatic heterocycles. The maximum Gasteiger partial charge on any atom is 0.273 e. The SMILES string of the molecule is COc1cc(/C=N/n2c(N)cc(C)cc2=O)cc(O)c1O. The monoisotopic (exact) mass is 289 g/mol. The van der Waals surface area contributed by atoms with Crippen LogP contribution in [-0.4, -0.2) is 28.2 Å². The topological polar surface area (TPSA) is 110 Å². The lowest BCUT2D eigenvalue weighted by molar-refractivity contribution is 0.351. The zero-order chi connectivity index (χ0) is 15.6. The van der Waals surface area contributed by atoms with Crippen LogP contribution in [0.15, 0.2) is 34.2 Å². The molecule has 21 heavy (non-hydrogen) atoms. The number of aryl methyl sites for hydroxylation is 1. The fraction of sp³-hybridized carbons (Fsp3) is 0.143. The summed E-state index contributed by atoms with van der Waals surface area (Å²) in [5, 5.41) is 23.1. The summed E-state index contributed by atoms with van der Waals surface area (Å²) in [6, 6.07) is 5.78. The quantitative estimate of drug-likeness (QED) is 0.577. The molecule has 4 N–H and O–H groups in total. The van der Waals surface area contributed by atoms with Gasteiger partial charge in [-0.3, -0.25) is 4.79 Å². The van der Waals surface area contributed by atoms with Crippen LogP contribution < -0.4 is 16.0 Å². The highest BCUT2D eigenvalue weighted by atomic mass is 16.5. The molecule has 0 radical (unpaired) electrons. The lowest BCUT2D eigenvalue weighted by atomic mass is 10.2. The van der Waals surface area contributed by atoms with E-state index in [0.29, 0.717) is 5.56 Å². The molecule has 2 aromatic rings. The number of benzene rings is 1. The van der Waals surface area contributed by atoms with Gasteiger partial charge in [0, 0.05) is 11.6 Å². The van der Waals surface area contributed by atoms with Crippen molar-refractivity contribution in [3.63, 3.8) is 0 Å². The van der Waals surface area contributed by atoms with Crippen LogP contribution in [0, 0.1) is 6.92 Å². The summed E-state index contributed by atoms with van der Waals surface area (Å²) in [4.78, 5) is 11.8. The van der Waals surface area contributed by atoms with Gasteiger partial charge in [-0.15, -0.1) is 0 Å². The van der Waals surface area contributed by atoms with Crippen LogP contribution in [0.2, 0.25) is 0 Å². The van der Waals surface area contributed by atoms with Crippen molar-refractivity contribution in [2.45, 2.75) is 6.92 Å². The first-order valence-electron chi connectivity index (χ1n) is 6.06. The Bertz CT molecular complexity index is 766. The molecule has 0 saturated heterocycles. The molecule has 2 rings (SSSR count). The molecule has 7 heteroatoms. The van der Waals surface area contributed by atoms with Gasteiger partial charge in [-0.1, -0.05) is 0 Å². The zero-order valence-corrected chi connectivity index (χ0v) is 11.6. The van der Waals surface area contributed by atoms with Gasteiger partial charge < -0.3 is 20.7 Å². The molecule has 0 atom stereocenters. The molecule has 0 aliphatic rings. The lowest BCUT2D eigenvalue weighted by Gasteiger charge is -2.07. The number of anilines is 1. The molecule has 110 valence electrons. The Balaban J connectivity index is 2.43. The number of hydrogen-bond acceptors (Lipinski definition) is 6. The Hall–Kier alpha value is -2.96. The Morgan fingerprint density at radius 3 is 2.62 bits per heavy atom. The maximum absolute atomic E-state index is 11.8. The highest BCUT2D eigenvalue weighted by molar-refractivity contribution is 5.82. The van der Waals surface area contributed by atoms with Crippen molar-refractivity contribution in [3.05, 3.63) is 45.7 Å². The van der Waals surface area contributed by atoms with Crippen LogP contribution in [0.5, 0.6) is 17.2 Å². The normalized spacial score (nSPS) is 11.0. The predicted molar refractivity (Wildman–Crippen MR) is 79.2 cm³/mol. The third kappa shape index (κ3) is 2.97. The fourth-order valence-corrected chi connectivity index (χ4v) is 1.81. The first-order chi connectivity index (χ1) is 9.92. The van der Waals surface area contributed by atoms with E-state index in [9.17, 15) is 15.0 Å². The van der Waals surface area contributed by atoms with Gasteiger partial charge >= 0.3 is 0 Å². The van der Waals surface area contributed by atoms with E-state index in [0.717, 1.165) is 10.2 Å². The number of aromatic nitrogens is 1. The molecular weight excluding hydrogens is 274 g/mol. The minimum absolute atomic E-state index is 0.0978. The van der Waals surface area contributed by atoms with Gasteiger partial charge in [0.1, 0.15) is 5.82 Å². The molecule has 1 aromatic carbocycles. The maximum atomic E-state index is 11.8. The minimum Gasteiger partial charge on any atom is -0.504 e. The second kappa shape index (κ2) is 5.58. The average molecular weight is 289 g/mol. The van der Waals surface area contributed by atoms with Gasteiger partial charge in [0.05, 0.1) is 13.3 Å². The summed E-state index contributed by atoms with van der Waals surface area (Å²) < 4.78 is 5.95. The number of phenolic OH excluding ortho intramolecular Hbond substituents is 2. The Morgan fingerprint density at radius 2 is 2.00 bits per heavy atom. The second-order valence-corrected chi connectivity index (χ2v) is 4.44. The number of aromatic hydroxyl groups is 2. The highest BCUT2D eigenvalue weighted by Gasteiger charge is 2.08. The average Bonchev–Trinajstić information content (AvgIpc) is 2.41. The molecule has 0 spiro atoms. The minimum atomic E-state index is -0.362. The molecule has 0 fully saturated rings. The number of ether oxygens (including phenoxy) is 1. The van der Waals surface area contributed by atoms with Gasteiger partial charge in [0.25, 0.3) is 5.56 Å². The molecule has 1 heterocycles. The van der Waals surface area contributed by atoms with Crippen LogP contribution in [-0.2, 0) is 0 Å². The molecule has 0 aliphatic carbocycles. The molecule has 0 amide bonds. The summed E-state index contributed by atoms with van der Waals surface area (Å²) in [6.07, 6.45) is 1.33. The molecule has 7 nitrogen and oxygen atoms in total. The van der Waals surface area contributed by atoms with Crippen molar-refractivity contribution in [2.24, 2.45) is 5.10 Å². The zero-order valence-electron chi connectivity index (χ0n) is 11.6. The number of hydrogen-bond donors (Lipinski definition) is 3. The van der Waals surface area contributed by atoms with Crippen LogP contribution in [0.3, 0.4) is 0 Å². The van der Waals surface area contributed by atoms with E-state index in [1.54, 1.807) is 13.0 Å². The van der Waals surface area contributed by atoms with Gasteiger partial charge in [0.15, 0.2) is 11.5 Å². The fourth-order valence-electron chi connectivity index (χ4n) is 1.81. The highest BCUT2D eigenvalue weighted by Crippen LogP contribution is 2.35. The van der Waals surface area contributed by atoms with Gasteiger partial charge in [-0.05, 0) is 30.7 Å². The number of rotatable bonds is 3. The number of phenols is 2. The number of nitrogens with two attached hydrogens (primary N) is 1. The summed E-state index contributed by atoms with van der Waals surface area (Å²) in [5.41, 5.74) is 6.55. The summed E-state index contributed by atoms with van der Waals surface area (Å²) in [6.45, 7) is 1.76. The Kier molecular flexibility index (Phi) is 3.84. The number of methoxy groups -OCH3 is 1. The number of nitrogens with zero attached hydrogens (tertiary/aromatic N) is 2. The summed E-state index contributed by atoms with van der Waals surface area (Å²) >= 11 is 0. The lowest BCUT2D eigenvalue weighted by Crippen LogP contribution is -2.19. The van der Waals surface area contributed by atoms with E-state index in [4.69, 9.17) is 10.5 Å². The third-order valence-corrected chi connectivity index (χ3v) is 2.80. The standard InChI is InChI=1S/C14H15N3O4/c1-8-3-12(15)17(13(19)4-8)16-7-9-5-10(18)14(20)11(6-9)21-2/h3-7,18,20H,15H2,1-2H3/b16-7+. The Labute approximate surface area is 120 Å². The van der Waals surface area contributed by atoms with Crippen LogP contribution in [0.1, 0.15) is 11.1 Å². The van der Waals surface area contributed by atoms with E-state index in [-0.39, 0.29) is 28.6 Å². The number of nitrogen functional groups attached to an aromatic ring is 1. The largest absolute Gasteiger partial charge is 0.504 e. The van der Waals surface area contributed by atoms with Crippen molar-refractivity contribution in [1.82, 2.24) is 4.68 Å². The van der Waals surface area contributed by atoms with E-state index < -0.39 is 0 Å². The van der Waals surface area contributed by atoms with Gasteiger partial charge in [-0.2, -0.15) is 9.78 Å². The predicted octanol–water partition coefficient (Wildman–Crippen LogP) is 1.04. The smallest absolute Gasteiger partial charge is 0.273 e. The van der Waals surface area contributed by atoms with E-state index >= 15 is 0 Å². The number of pyridine rings is 1. The van der Waals surface area contributed by atoms with Crippen molar-refractivity contribution >= 4 is 12.0 Å².